The van der Waals surface area contributed by atoms with Crippen LogP contribution in [0.2, 0.25) is 0 Å². The van der Waals surface area contributed by atoms with Gasteiger partial charge in [0.05, 0.1) is 0 Å². The van der Waals surface area contributed by atoms with Gasteiger partial charge in [-0.25, -0.2) is 4.39 Å². The van der Waals surface area contributed by atoms with E-state index < -0.39 is 5.82 Å². The zero-order valence-electron chi connectivity index (χ0n) is 19.1. The summed E-state index contributed by atoms with van der Waals surface area (Å²) in [5.74, 6) is -0.464. The smallest absolute Gasteiger partial charge is 0.306 e. The second kappa shape index (κ2) is 11.3. The molecule has 33 heavy (non-hydrogen) atoms. The van der Waals surface area contributed by atoms with Crippen LogP contribution in [0.1, 0.15) is 44.2 Å². The summed E-state index contributed by atoms with van der Waals surface area (Å²) < 4.78 is 19.9. The van der Waals surface area contributed by atoms with Crippen LogP contribution in [-0.4, -0.2) is 19.1 Å². The van der Waals surface area contributed by atoms with E-state index in [0.717, 1.165) is 24.1 Å². The molecule has 0 saturated carbocycles. The van der Waals surface area contributed by atoms with E-state index in [9.17, 15) is 19.7 Å². The summed E-state index contributed by atoms with van der Waals surface area (Å²) in [4.78, 5) is 14.3. The first-order valence-corrected chi connectivity index (χ1v) is 11.2. The van der Waals surface area contributed by atoms with Gasteiger partial charge in [-0.1, -0.05) is 44.2 Å². The first-order chi connectivity index (χ1) is 15.9. The van der Waals surface area contributed by atoms with Crippen LogP contribution in [0.15, 0.2) is 54.1 Å². The lowest BCUT2D eigenvalue weighted by atomic mass is 9.90. The monoisotopic (exact) mass is 445 g/mol. The van der Waals surface area contributed by atoms with Crippen molar-refractivity contribution in [2.75, 3.05) is 18.0 Å². The third-order valence-electron chi connectivity index (χ3n) is 5.94. The standard InChI is InChI=1S/C27H28FN3O2/c1-19(2)27(23(16-29)17-30)22-13-24(28)15-25(14-22)31-10-8-20(9-11-31)12-26(32)33-18-21-6-4-3-5-7-21/h3-7,13-15,19-20H,8-12,18H2,1-2H3. The minimum atomic E-state index is -0.400. The van der Waals surface area contributed by atoms with Crippen molar-refractivity contribution in [1.82, 2.24) is 0 Å². The highest BCUT2D eigenvalue weighted by molar-refractivity contribution is 5.78. The summed E-state index contributed by atoms with van der Waals surface area (Å²) in [5, 5.41) is 18.7. The van der Waals surface area contributed by atoms with Crippen LogP contribution < -0.4 is 4.90 Å². The molecule has 0 amide bonds. The molecule has 0 unspecified atom stereocenters. The van der Waals surface area contributed by atoms with Crippen LogP contribution in [0.4, 0.5) is 10.1 Å². The average Bonchev–Trinajstić information content (AvgIpc) is 2.81. The van der Waals surface area contributed by atoms with Gasteiger partial charge >= 0.3 is 5.97 Å². The second-order valence-electron chi connectivity index (χ2n) is 8.65. The van der Waals surface area contributed by atoms with Gasteiger partial charge in [0.1, 0.15) is 30.1 Å². The fourth-order valence-electron chi connectivity index (χ4n) is 4.25. The molecule has 5 nitrogen and oxygen atoms in total. The number of nitriles is 2. The molecular weight excluding hydrogens is 417 g/mol. The van der Waals surface area contributed by atoms with E-state index in [4.69, 9.17) is 4.74 Å². The Hall–Kier alpha value is -3.64. The Labute approximate surface area is 194 Å². The molecule has 1 aliphatic rings. The highest BCUT2D eigenvalue weighted by atomic mass is 19.1. The highest BCUT2D eigenvalue weighted by Crippen LogP contribution is 2.32. The molecule has 0 aromatic heterocycles. The van der Waals surface area contributed by atoms with Crippen molar-refractivity contribution in [3.8, 4) is 12.1 Å². The lowest BCUT2D eigenvalue weighted by Gasteiger charge is -2.33. The number of carbonyl (C=O) groups excluding carboxylic acids is 1. The number of rotatable bonds is 7. The molecular formula is C27H28FN3O2. The van der Waals surface area contributed by atoms with Crippen molar-refractivity contribution in [2.24, 2.45) is 11.8 Å². The zero-order valence-corrected chi connectivity index (χ0v) is 19.1. The number of allylic oxidation sites excluding steroid dienone is 2. The molecule has 1 fully saturated rings. The van der Waals surface area contributed by atoms with Crippen LogP contribution in [0.3, 0.4) is 0 Å². The van der Waals surface area contributed by atoms with Gasteiger partial charge < -0.3 is 9.64 Å². The summed E-state index contributed by atoms with van der Waals surface area (Å²) in [6.45, 7) is 5.45. The van der Waals surface area contributed by atoms with Crippen molar-refractivity contribution < 1.29 is 13.9 Å². The Kier molecular flexibility index (Phi) is 8.22. The largest absolute Gasteiger partial charge is 0.461 e. The lowest BCUT2D eigenvalue weighted by molar-refractivity contribution is -0.146. The number of halogens is 1. The molecule has 1 saturated heterocycles. The van der Waals surface area contributed by atoms with Crippen LogP contribution in [-0.2, 0) is 16.1 Å². The minimum absolute atomic E-state index is 0.00859. The highest BCUT2D eigenvalue weighted by Gasteiger charge is 2.24. The molecule has 3 rings (SSSR count). The number of anilines is 1. The predicted octanol–water partition coefficient (Wildman–Crippen LogP) is 5.63. The van der Waals surface area contributed by atoms with E-state index in [1.165, 1.54) is 12.1 Å². The Bertz CT molecular complexity index is 1070. The van der Waals surface area contributed by atoms with Crippen molar-refractivity contribution >= 4 is 17.2 Å². The summed E-state index contributed by atoms with van der Waals surface area (Å²) in [6.07, 6.45) is 1.99. The Morgan fingerprint density at radius 3 is 2.39 bits per heavy atom. The Morgan fingerprint density at radius 2 is 1.79 bits per heavy atom. The summed E-state index contributed by atoms with van der Waals surface area (Å²) in [6, 6.07) is 18.2. The Balaban J connectivity index is 1.63. The van der Waals surface area contributed by atoms with Crippen LogP contribution in [0.5, 0.6) is 0 Å². The summed E-state index contributed by atoms with van der Waals surface area (Å²) in [5.41, 5.74) is 2.81. The van der Waals surface area contributed by atoms with Crippen molar-refractivity contribution in [3.05, 3.63) is 71.0 Å². The topological polar surface area (TPSA) is 77.1 Å². The summed E-state index contributed by atoms with van der Waals surface area (Å²) >= 11 is 0. The zero-order chi connectivity index (χ0) is 23.8. The van der Waals surface area contributed by atoms with Gasteiger partial charge in [0.15, 0.2) is 0 Å². The van der Waals surface area contributed by atoms with Gasteiger partial charge in [-0.15, -0.1) is 0 Å². The molecule has 2 aromatic rings. The number of ether oxygens (including phenoxy) is 1. The van der Waals surface area contributed by atoms with Gasteiger partial charge in [0, 0.05) is 25.2 Å². The third-order valence-corrected chi connectivity index (χ3v) is 5.94. The van der Waals surface area contributed by atoms with Crippen molar-refractivity contribution in [1.29, 1.82) is 10.5 Å². The van der Waals surface area contributed by atoms with E-state index in [1.54, 1.807) is 0 Å². The molecule has 1 aliphatic heterocycles. The molecule has 170 valence electrons. The van der Waals surface area contributed by atoms with E-state index >= 15 is 0 Å². The SMILES string of the molecule is CC(C)C(=C(C#N)C#N)c1cc(F)cc(N2CCC(CC(=O)OCc3ccccc3)CC2)c1. The number of piperidine rings is 1. The number of hydrogen-bond donors (Lipinski definition) is 0. The molecule has 0 N–H and O–H groups in total. The first-order valence-electron chi connectivity index (χ1n) is 11.2. The maximum absolute atomic E-state index is 14.5. The average molecular weight is 446 g/mol. The van der Waals surface area contributed by atoms with Crippen LogP contribution >= 0.6 is 0 Å². The number of benzene rings is 2. The van der Waals surface area contributed by atoms with Gasteiger partial charge in [-0.2, -0.15) is 10.5 Å². The van der Waals surface area contributed by atoms with E-state index in [1.807, 2.05) is 62.4 Å². The molecule has 1 heterocycles. The molecule has 0 spiro atoms. The number of nitrogens with zero attached hydrogens (tertiary/aromatic N) is 3. The number of hydrogen-bond acceptors (Lipinski definition) is 5. The van der Waals surface area contributed by atoms with Crippen molar-refractivity contribution in [3.63, 3.8) is 0 Å². The molecule has 2 aromatic carbocycles. The summed E-state index contributed by atoms with van der Waals surface area (Å²) in [7, 11) is 0. The maximum Gasteiger partial charge on any atom is 0.306 e. The molecule has 0 atom stereocenters. The fourth-order valence-corrected chi connectivity index (χ4v) is 4.25. The molecule has 0 bridgehead atoms. The van der Waals surface area contributed by atoms with Crippen LogP contribution in [0, 0.1) is 40.3 Å². The third kappa shape index (κ3) is 6.43. The van der Waals surface area contributed by atoms with E-state index in [0.29, 0.717) is 30.6 Å². The minimum Gasteiger partial charge on any atom is -0.461 e. The normalized spacial score (nSPS) is 13.8. The van der Waals surface area contributed by atoms with Crippen molar-refractivity contribution in [2.45, 2.75) is 39.7 Å². The predicted molar refractivity (Wildman–Crippen MR) is 125 cm³/mol. The molecule has 0 radical (unpaired) electrons. The van der Waals surface area contributed by atoms with Gasteiger partial charge in [0.25, 0.3) is 0 Å². The lowest BCUT2D eigenvalue weighted by Crippen LogP contribution is -2.34. The van der Waals surface area contributed by atoms with E-state index in [2.05, 4.69) is 4.90 Å². The molecule has 0 aliphatic carbocycles. The molecule has 6 heteroatoms. The first kappa shape index (κ1) is 24.0. The van der Waals surface area contributed by atoms with Crippen LogP contribution in [0.25, 0.3) is 5.57 Å². The quantitative estimate of drug-likeness (QED) is 0.408. The fraction of sp³-hybridized carbons (Fsp3) is 0.370. The van der Waals surface area contributed by atoms with Gasteiger partial charge in [-0.3, -0.25) is 4.79 Å². The second-order valence-corrected chi connectivity index (χ2v) is 8.65. The maximum atomic E-state index is 14.5. The number of esters is 1. The number of carbonyl (C=O) groups is 1. The Morgan fingerprint density at radius 1 is 1.12 bits per heavy atom. The van der Waals surface area contributed by atoms with Gasteiger partial charge in [-0.05, 0) is 59.6 Å². The van der Waals surface area contributed by atoms with E-state index in [-0.39, 0.29) is 30.0 Å². The van der Waals surface area contributed by atoms with Gasteiger partial charge in [0.2, 0.25) is 0 Å².